The summed E-state index contributed by atoms with van der Waals surface area (Å²) in [5.41, 5.74) is 1.44. The second kappa shape index (κ2) is 13.2. The Labute approximate surface area is 197 Å². The van der Waals surface area contributed by atoms with Crippen molar-refractivity contribution in [3.05, 3.63) is 58.3 Å². The lowest BCUT2D eigenvalue weighted by Gasteiger charge is -2.19. The SMILES string of the molecule is CN=C(NCC(C)Cc1cccs1)NCC1CCN(CCc2ccccc2)C1.I. The van der Waals surface area contributed by atoms with Gasteiger partial charge in [-0.25, -0.2) is 0 Å². The fourth-order valence-electron chi connectivity index (χ4n) is 3.79. The first-order chi connectivity index (χ1) is 13.7. The first-order valence-corrected chi connectivity index (χ1v) is 11.3. The molecule has 4 nitrogen and oxygen atoms in total. The third kappa shape index (κ3) is 8.64. The van der Waals surface area contributed by atoms with E-state index in [0.717, 1.165) is 38.4 Å². The summed E-state index contributed by atoms with van der Waals surface area (Å²) in [4.78, 5) is 8.45. The highest BCUT2D eigenvalue weighted by atomic mass is 127. The summed E-state index contributed by atoms with van der Waals surface area (Å²) >= 11 is 1.84. The van der Waals surface area contributed by atoms with Crippen molar-refractivity contribution < 1.29 is 0 Å². The Morgan fingerprint density at radius 3 is 2.76 bits per heavy atom. The Morgan fingerprint density at radius 2 is 2.03 bits per heavy atom. The van der Waals surface area contributed by atoms with Gasteiger partial charge in [0.25, 0.3) is 0 Å². The van der Waals surface area contributed by atoms with E-state index >= 15 is 0 Å². The smallest absolute Gasteiger partial charge is 0.190 e. The highest BCUT2D eigenvalue weighted by Gasteiger charge is 2.22. The van der Waals surface area contributed by atoms with Crippen LogP contribution >= 0.6 is 35.3 Å². The van der Waals surface area contributed by atoms with Gasteiger partial charge in [-0.2, -0.15) is 0 Å². The Hall–Kier alpha value is -1.12. The number of guanidine groups is 1. The molecule has 29 heavy (non-hydrogen) atoms. The maximum atomic E-state index is 4.40. The molecule has 1 aliphatic rings. The lowest BCUT2D eigenvalue weighted by molar-refractivity contribution is 0.328. The van der Waals surface area contributed by atoms with Gasteiger partial charge in [0.15, 0.2) is 5.96 Å². The van der Waals surface area contributed by atoms with E-state index in [0.29, 0.717) is 11.8 Å². The highest BCUT2D eigenvalue weighted by Crippen LogP contribution is 2.16. The molecule has 1 aromatic heterocycles. The lowest BCUT2D eigenvalue weighted by atomic mass is 10.1. The van der Waals surface area contributed by atoms with Crippen LogP contribution in [0.2, 0.25) is 0 Å². The molecule has 0 radical (unpaired) electrons. The quantitative estimate of drug-likeness (QED) is 0.291. The fourth-order valence-corrected chi connectivity index (χ4v) is 4.66. The molecule has 2 heterocycles. The lowest BCUT2D eigenvalue weighted by Crippen LogP contribution is -2.42. The van der Waals surface area contributed by atoms with Crippen LogP contribution in [-0.4, -0.2) is 50.6 Å². The normalized spacial score (nSPS) is 18.3. The number of nitrogens with one attached hydrogen (secondary N) is 2. The van der Waals surface area contributed by atoms with Gasteiger partial charge in [-0.05, 0) is 54.7 Å². The van der Waals surface area contributed by atoms with Gasteiger partial charge < -0.3 is 15.5 Å². The van der Waals surface area contributed by atoms with Gasteiger partial charge in [-0.15, -0.1) is 35.3 Å². The molecule has 1 fully saturated rings. The molecule has 0 spiro atoms. The summed E-state index contributed by atoms with van der Waals surface area (Å²) in [6.07, 6.45) is 3.54. The zero-order valence-electron chi connectivity index (χ0n) is 17.6. The van der Waals surface area contributed by atoms with Crippen molar-refractivity contribution in [3.8, 4) is 0 Å². The van der Waals surface area contributed by atoms with Crippen LogP contribution in [0.15, 0.2) is 52.8 Å². The molecule has 3 rings (SSSR count). The average Bonchev–Trinajstić information content (AvgIpc) is 3.39. The van der Waals surface area contributed by atoms with E-state index in [2.05, 4.69) is 75.3 Å². The summed E-state index contributed by atoms with van der Waals surface area (Å²) in [6.45, 7) is 7.80. The van der Waals surface area contributed by atoms with E-state index in [1.807, 2.05) is 18.4 Å². The van der Waals surface area contributed by atoms with Crippen molar-refractivity contribution >= 4 is 41.3 Å². The van der Waals surface area contributed by atoms with Crippen molar-refractivity contribution in [3.63, 3.8) is 0 Å². The predicted molar refractivity (Wildman–Crippen MR) is 137 cm³/mol. The molecule has 0 bridgehead atoms. The minimum atomic E-state index is 0. The number of nitrogens with zero attached hydrogens (tertiary/aromatic N) is 2. The summed E-state index contributed by atoms with van der Waals surface area (Å²) in [5, 5.41) is 9.18. The first-order valence-electron chi connectivity index (χ1n) is 10.5. The van der Waals surface area contributed by atoms with Crippen LogP contribution in [0, 0.1) is 11.8 Å². The van der Waals surface area contributed by atoms with Crippen LogP contribution in [0.4, 0.5) is 0 Å². The molecular formula is C23H35IN4S. The molecule has 2 N–H and O–H groups in total. The molecule has 0 saturated carbocycles. The van der Waals surface area contributed by atoms with E-state index in [1.165, 1.54) is 30.0 Å². The van der Waals surface area contributed by atoms with Crippen LogP contribution in [0.1, 0.15) is 23.8 Å². The molecule has 0 aliphatic carbocycles. The Morgan fingerprint density at radius 1 is 1.21 bits per heavy atom. The molecule has 1 saturated heterocycles. The number of hydrogen-bond donors (Lipinski definition) is 2. The number of halogens is 1. The molecule has 0 amide bonds. The number of aliphatic imine (C=N–C) groups is 1. The van der Waals surface area contributed by atoms with Gasteiger partial charge in [0.2, 0.25) is 0 Å². The molecule has 2 aromatic rings. The summed E-state index contributed by atoms with van der Waals surface area (Å²) in [6, 6.07) is 15.2. The highest BCUT2D eigenvalue weighted by molar-refractivity contribution is 14.0. The van der Waals surface area contributed by atoms with E-state index in [9.17, 15) is 0 Å². The molecule has 1 aromatic carbocycles. The van der Waals surface area contributed by atoms with Gasteiger partial charge in [0, 0.05) is 38.1 Å². The average molecular weight is 527 g/mol. The van der Waals surface area contributed by atoms with Crippen molar-refractivity contribution in [2.75, 3.05) is 39.8 Å². The second-order valence-electron chi connectivity index (χ2n) is 7.91. The maximum absolute atomic E-state index is 4.40. The van der Waals surface area contributed by atoms with Crippen molar-refractivity contribution in [1.29, 1.82) is 0 Å². The number of thiophene rings is 1. The van der Waals surface area contributed by atoms with Gasteiger partial charge >= 0.3 is 0 Å². The van der Waals surface area contributed by atoms with Crippen LogP contribution in [0.25, 0.3) is 0 Å². The Kier molecular flexibility index (Phi) is 11.0. The number of rotatable bonds is 9. The van der Waals surface area contributed by atoms with Gasteiger partial charge in [-0.3, -0.25) is 4.99 Å². The fraction of sp³-hybridized carbons (Fsp3) is 0.522. The van der Waals surface area contributed by atoms with Crippen LogP contribution in [0.3, 0.4) is 0 Å². The topological polar surface area (TPSA) is 39.7 Å². The molecular weight excluding hydrogens is 491 g/mol. The molecule has 6 heteroatoms. The summed E-state index contributed by atoms with van der Waals surface area (Å²) in [7, 11) is 1.86. The molecule has 2 unspecified atom stereocenters. The van der Waals surface area contributed by atoms with Gasteiger partial charge in [0.1, 0.15) is 0 Å². The first kappa shape index (κ1) is 24.2. The minimum Gasteiger partial charge on any atom is -0.356 e. The van der Waals surface area contributed by atoms with E-state index in [-0.39, 0.29) is 24.0 Å². The van der Waals surface area contributed by atoms with E-state index < -0.39 is 0 Å². The standard InChI is InChI=1S/C23H34N4S.HI/c1-19(15-22-9-6-14-28-22)16-25-23(24-2)26-17-21-11-13-27(18-21)12-10-20-7-4-3-5-8-20;/h3-9,14,19,21H,10-13,15-18H2,1-2H3,(H2,24,25,26);1H. The molecule has 2 atom stereocenters. The predicted octanol–water partition coefficient (Wildman–Crippen LogP) is 4.27. The number of hydrogen-bond acceptors (Lipinski definition) is 3. The number of benzene rings is 1. The molecule has 160 valence electrons. The summed E-state index contributed by atoms with van der Waals surface area (Å²) < 4.78 is 0. The summed E-state index contributed by atoms with van der Waals surface area (Å²) in [5.74, 6) is 2.23. The third-order valence-electron chi connectivity index (χ3n) is 5.46. The third-order valence-corrected chi connectivity index (χ3v) is 6.36. The number of likely N-dealkylation sites (tertiary alicyclic amines) is 1. The monoisotopic (exact) mass is 526 g/mol. The van der Waals surface area contributed by atoms with Crippen molar-refractivity contribution in [2.24, 2.45) is 16.8 Å². The van der Waals surface area contributed by atoms with Crippen LogP contribution < -0.4 is 10.6 Å². The van der Waals surface area contributed by atoms with Crippen molar-refractivity contribution in [1.82, 2.24) is 15.5 Å². The zero-order valence-corrected chi connectivity index (χ0v) is 20.8. The van der Waals surface area contributed by atoms with Gasteiger partial charge in [0.05, 0.1) is 0 Å². The van der Waals surface area contributed by atoms with Crippen LogP contribution in [-0.2, 0) is 12.8 Å². The largest absolute Gasteiger partial charge is 0.356 e. The Bertz CT molecular complexity index is 705. The van der Waals surface area contributed by atoms with Crippen molar-refractivity contribution in [2.45, 2.75) is 26.2 Å². The second-order valence-corrected chi connectivity index (χ2v) is 8.95. The van der Waals surface area contributed by atoms with Gasteiger partial charge in [-0.1, -0.05) is 43.3 Å². The van der Waals surface area contributed by atoms with E-state index in [4.69, 9.17) is 0 Å². The Balaban J connectivity index is 0.00000300. The minimum absolute atomic E-state index is 0. The molecule has 1 aliphatic heterocycles. The zero-order chi connectivity index (χ0) is 19.6. The van der Waals surface area contributed by atoms with E-state index in [1.54, 1.807) is 0 Å². The van der Waals surface area contributed by atoms with Crippen LogP contribution in [0.5, 0.6) is 0 Å². The maximum Gasteiger partial charge on any atom is 0.190 e.